The Bertz CT molecular complexity index is 467. The Morgan fingerprint density at radius 3 is 2.79 bits per heavy atom. The maximum absolute atomic E-state index is 10.6. The summed E-state index contributed by atoms with van der Waals surface area (Å²) in [7, 11) is 0. The maximum atomic E-state index is 10.6. The average Bonchev–Trinajstić information content (AvgIpc) is 2.39. The molecule has 6 heteroatoms. The van der Waals surface area contributed by atoms with Crippen molar-refractivity contribution in [1.82, 2.24) is 0 Å². The van der Waals surface area contributed by atoms with Crippen LogP contribution in [0, 0.1) is 10.1 Å². The fourth-order valence-corrected chi connectivity index (χ4v) is 2.53. The molecular weight excluding hydrogens is 268 g/mol. The van der Waals surface area contributed by atoms with Crippen molar-refractivity contribution in [3.8, 4) is 0 Å². The van der Waals surface area contributed by atoms with E-state index < -0.39 is 4.92 Å². The summed E-state index contributed by atoms with van der Waals surface area (Å²) in [6, 6.07) is 4.49. The average molecular weight is 285 g/mol. The number of nitrogens with two attached hydrogens (primary N) is 1. The van der Waals surface area contributed by atoms with Crippen molar-refractivity contribution in [1.29, 1.82) is 0 Å². The first-order chi connectivity index (χ1) is 9.08. The van der Waals surface area contributed by atoms with E-state index in [9.17, 15) is 10.1 Å². The van der Waals surface area contributed by atoms with E-state index >= 15 is 0 Å². The number of ether oxygens (including phenoxy) is 1. The van der Waals surface area contributed by atoms with Crippen LogP contribution in [0.1, 0.15) is 31.2 Å². The molecule has 19 heavy (non-hydrogen) atoms. The molecule has 5 nitrogen and oxygen atoms in total. The van der Waals surface area contributed by atoms with Crippen LogP contribution >= 0.6 is 11.6 Å². The Morgan fingerprint density at radius 1 is 1.42 bits per heavy atom. The minimum absolute atomic E-state index is 0.0110. The van der Waals surface area contributed by atoms with Gasteiger partial charge in [0.25, 0.3) is 5.69 Å². The lowest BCUT2D eigenvalue weighted by molar-refractivity contribution is -0.384. The van der Waals surface area contributed by atoms with E-state index in [-0.39, 0.29) is 17.8 Å². The Balaban J connectivity index is 1.97. The number of benzene rings is 1. The van der Waals surface area contributed by atoms with Crippen LogP contribution in [-0.4, -0.2) is 17.1 Å². The normalized spacial score (nSPS) is 23.3. The fourth-order valence-electron chi connectivity index (χ4n) is 2.30. The third kappa shape index (κ3) is 3.65. The molecule has 2 unspecified atom stereocenters. The molecule has 0 amide bonds. The molecule has 104 valence electrons. The van der Waals surface area contributed by atoms with Crippen molar-refractivity contribution in [3.63, 3.8) is 0 Å². The van der Waals surface area contributed by atoms with Crippen LogP contribution < -0.4 is 5.73 Å². The summed E-state index contributed by atoms with van der Waals surface area (Å²) in [6.07, 6.45) is 4.29. The molecular formula is C13H17ClN2O3. The van der Waals surface area contributed by atoms with E-state index in [1.54, 1.807) is 6.07 Å². The van der Waals surface area contributed by atoms with Gasteiger partial charge in [0.2, 0.25) is 0 Å². The largest absolute Gasteiger partial charge is 0.372 e. The number of halogens is 1. The molecule has 0 heterocycles. The van der Waals surface area contributed by atoms with Crippen LogP contribution in [0.15, 0.2) is 18.2 Å². The van der Waals surface area contributed by atoms with Crippen LogP contribution in [0.3, 0.4) is 0 Å². The van der Waals surface area contributed by atoms with Gasteiger partial charge in [0.1, 0.15) is 0 Å². The minimum atomic E-state index is -0.465. The number of hydrogen-bond donors (Lipinski definition) is 1. The molecule has 0 radical (unpaired) electrons. The van der Waals surface area contributed by atoms with Crippen LogP contribution in [-0.2, 0) is 11.3 Å². The van der Waals surface area contributed by atoms with Crippen molar-refractivity contribution in [2.75, 3.05) is 0 Å². The second kappa shape index (κ2) is 6.32. The summed E-state index contributed by atoms with van der Waals surface area (Å²) in [6.45, 7) is 0.342. The van der Waals surface area contributed by atoms with E-state index in [1.165, 1.54) is 12.1 Å². The number of nitro groups is 1. The standard InChI is InChI=1S/C13H17ClN2O3/c14-11-7-10(16(17)18)6-5-9(11)8-19-13-4-2-1-3-12(13)15/h5-7,12-13H,1-4,8,15H2. The van der Waals surface area contributed by atoms with E-state index in [4.69, 9.17) is 22.1 Å². The predicted octanol–water partition coefficient (Wildman–Crippen LogP) is 3.03. The first kappa shape index (κ1) is 14.2. The number of rotatable bonds is 4. The smallest absolute Gasteiger partial charge is 0.270 e. The molecule has 2 N–H and O–H groups in total. The molecule has 2 rings (SSSR count). The summed E-state index contributed by atoms with van der Waals surface area (Å²) in [5.41, 5.74) is 6.74. The first-order valence-electron chi connectivity index (χ1n) is 6.38. The van der Waals surface area contributed by atoms with E-state index in [0.29, 0.717) is 11.6 Å². The summed E-state index contributed by atoms with van der Waals surface area (Å²) in [5, 5.41) is 11.0. The number of hydrogen-bond acceptors (Lipinski definition) is 4. The van der Waals surface area contributed by atoms with Gasteiger partial charge >= 0.3 is 0 Å². The van der Waals surface area contributed by atoms with Crippen LogP contribution in [0.5, 0.6) is 0 Å². The van der Waals surface area contributed by atoms with Crippen LogP contribution in [0.25, 0.3) is 0 Å². The molecule has 0 saturated heterocycles. The van der Waals surface area contributed by atoms with E-state index in [1.807, 2.05) is 0 Å². The Hall–Kier alpha value is -1.17. The van der Waals surface area contributed by atoms with Gasteiger partial charge in [0.15, 0.2) is 0 Å². The quantitative estimate of drug-likeness (QED) is 0.681. The third-order valence-electron chi connectivity index (χ3n) is 3.45. The van der Waals surface area contributed by atoms with E-state index in [2.05, 4.69) is 0 Å². The molecule has 0 bridgehead atoms. The lowest BCUT2D eigenvalue weighted by atomic mass is 9.93. The second-order valence-corrected chi connectivity index (χ2v) is 5.24. The lowest BCUT2D eigenvalue weighted by Gasteiger charge is -2.28. The van der Waals surface area contributed by atoms with E-state index in [0.717, 1.165) is 31.2 Å². The number of non-ortho nitro benzene ring substituents is 1. The van der Waals surface area contributed by atoms with Gasteiger partial charge in [0, 0.05) is 18.2 Å². The highest BCUT2D eigenvalue weighted by Gasteiger charge is 2.22. The molecule has 2 atom stereocenters. The molecule has 1 aliphatic carbocycles. The Kier molecular flexibility index (Phi) is 4.74. The zero-order chi connectivity index (χ0) is 13.8. The van der Waals surface area contributed by atoms with Crippen molar-refractivity contribution >= 4 is 17.3 Å². The fraction of sp³-hybridized carbons (Fsp3) is 0.538. The van der Waals surface area contributed by atoms with Gasteiger partial charge in [-0.25, -0.2) is 0 Å². The Morgan fingerprint density at radius 2 is 2.16 bits per heavy atom. The zero-order valence-electron chi connectivity index (χ0n) is 10.5. The highest BCUT2D eigenvalue weighted by molar-refractivity contribution is 6.31. The van der Waals surface area contributed by atoms with Gasteiger partial charge in [0.05, 0.1) is 22.7 Å². The SMILES string of the molecule is NC1CCCCC1OCc1ccc([N+](=O)[O-])cc1Cl. The number of nitro benzene ring substituents is 1. The monoisotopic (exact) mass is 284 g/mol. The van der Waals surface area contributed by atoms with Gasteiger partial charge in [-0.05, 0) is 24.5 Å². The topological polar surface area (TPSA) is 78.4 Å². The van der Waals surface area contributed by atoms with Crippen molar-refractivity contribution < 1.29 is 9.66 Å². The molecule has 1 fully saturated rings. The molecule has 1 aromatic rings. The molecule has 0 aromatic heterocycles. The molecule has 1 aliphatic rings. The summed E-state index contributed by atoms with van der Waals surface area (Å²) in [5.74, 6) is 0. The molecule has 0 spiro atoms. The summed E-state index contributed by atoms with van der Waals surface area (Å²) >= 11 is 6.01. The predicted molar refractivity (Wildman–Crippen MR) is 73.1 cm³/mol. The Labute approximate surface area is 116 Å². The van der Waals surface area contributed by atoms with Crippen LogP contribution in [0.4, 0.5) is 5.69 Å². The maximum Gasteiger partial charge on any atom is 0.270 e. The number of nitrogens with zero attached hydrogens (tertiary/aromatic N) is 1. The van der Waals surface area contributed by atoms with Crippen molar-refractivity contribution in [3.05, 3.63) is 38.9 Å². The summed E-state index contributed by atoms with van der Waals surface area (Å²) < 4.78 is 5.78. The highest BCUT2D eigenvalue weighted by atomic mass is 35.5. The lowest BCUT2D eigenvalue weighted by Crippen LogP contribution is -2.39. The third-order valence-corrected chi connectivity index (χ3v) is 3.81. The van der Waals surface area contributed by atoms with Gasteiger partial charge in [-0.1, -0.05) is 24.4 Å². The van der Waals surface area contributed by atoms with Crippen molar-refractivity contribution in [2.45, 2.75) is 44.4 Å². The molecule has 0 aliphatic heterocycles. The minimum Gasteiger partial charge on any atom is -0.372 e. The molecule has 1 aromatic carbocycles. The highest BCUT2D eigenvalue weighted by Crippen LogP contribution is 2.25. The second-order valence-electron chi connectivity index (χ2n) is 4.83. The van der Waals surface area contributed by atoms with Gasteiger partial charge in [-0.3, -0.25) is 10.1 Å². The van der Waals surface area contributed by atoms with Crippen molar-refractivity contribution in [2.24, 2.45) is 5.73 Å². The first-order valence-corrected chi connectivity index (χ1v) is 6.75. The molecule has 1 saturated carbocycles. The van der Waals surface area contributed by atoms with Gasteiger partial charge in [-0.15, -0.1) is 0 Å². The zero-order valence-corrected chi connectivity index (χ0v) is 11.3. The van der Waals surface area contributed by atoms with Gasteiger partial charge in [-0.2, -0.15) is 0 Å². The van der Waals surface area contributed by atoms with Crippen LogP contribution in [0.2, 0.25) is 5.02 Å². The van der Waals surface area contributed by atoms with Gasteiger partial charge < -0.3 is 10.5 Å². The summed E-state index contributed by atoms with van der Waals surface area (Å²) in [4.78, 5) is 10.1.